The van der Waals surface area contributed by atoms with E-state index in [9.17, 15) is 4.79 Å². The Bertz CT molecular complexity index is 487. The van der Waals surface area contributed by atoms with Gasteiger partial charge in [-0.3, -0.25) is 4.79 Å². The number of aryl methyl sites for hydroxylation is 2. The fourth-order valence-corrected chi connectivity index (χ4v) is 2.77. The van der Waals surface area contributed by atoms with Gasteiger partial charge in [0, 0.05) is 51.2 Å². The van der Waals surface area contributed by atoms with E-state index in [0.29, 0.717) is 0 Å². The van der Waals surface area contributed by atoms with Crippen molar-refractivity contribution in [2.45, 2.75) is 39.2 Å². The Morgan fingerprint density at radius 1 is 1.25 bits per heavy atom. The Kier molecular flexibility index (Phi) is 5.56. The van der Waals surface area contributed by atoms with Crippen LogP contribution in [-0.4, -0.2) is 36.6 Å². The molecule has 1 radical (unpaired) electrons. The predicted molar refractivity (Wildman–Crippen MR) is 79.2 cm³/mol. The summed E-state index contributed by atoms with van der Waals surface area (Å²) in [6.45, 7) is 7.20. The molecule has 1 aliphatic rings. The van der Waals surface area contributed by atoms with Gasteiger partial charge in [-0.15, -0.1) is 0 Å². The van der Waals surface area contributed by atoms with E-state index in [1.807, 2.05) is 32.0 Å². The first-order chi connectivity index (χ1) is 8.84. The van der Waals surface area contributed by atoms with Crippen LogP contribution >= 0.6 is 0 Å². The largest absolute Gasteiger partial charge is 0.320 e. The molecule has 1 N–H and O–H groups in total. The van der Waals surface area contributed by atoms with Crippen molar-refractivity contribution in [1.82, 2.24) is 0 Å². The third-order valence-electron chi connectivity index (χ3n) is 4.82. The van der Waals surface area contributed by atoms with Crippen molar-refractivity contribution in [3.05, 3.63) is 29.3 Å². The van der Waals surface area contributed by atoms with Crippen LogP contribution in [0, 0.1) is 13.8 Å². The summed E-state index contributed by atoms with van der Waals surface area (Å²) in [5, 5.41) is 3.17. The van der Waals surface area contributed by atoms with Gasteiger partial charge < -0.3 is 9.80 Å². The van der Waals surface area contributed by atoms with Gasteiger partial charge in [0.05, 0.1) is 20.6 Å². The molecule has 3 nitrogen and oxygen atoms in total. The molecule has 20 heavy (non-hydrogen) atoms. The van der Waals surface area contributed by atoms with Crippen molar-refractivity contribution in [2.75, 3.05) is 26.0 Å². The van der Waals surface area contributed by atoms with Crippen LogP contribution in [0.1, 0.15) is 30.9 Å². The van der Waals surface area contributed by atoms with Crippen LogP contribution in [0.15, 0.2) is 18.2 Å². The summed E-state index contributed by atoms with van der Waals surface area (Å²) in [6.07, 6.45) is 1.98. The van der Waals surface area contributed by atoms with Crippen LogP contribution in [0.4, 0.5) is 5.69 Å². The number of nitrogens with zero attached hydrogens (tertiary/aromatic N) is 1. The minimum absolute atomic E-state index is 0. The second-order valence-electron chi connectivity index (χ2n) is 6.25. The molecule has 107 valence electrons. The molecule has 0 spiro atoms. The van der Waals surface area contributed by atoms with Crippen LogP contribution in [0.2, 0.25) is 0 Å². The number of rotatable bonds is 4. The zero-order valence-electron chi connectivity index (χ0n) is 13.3. The van der Waals surface area contributed by atoms with Gasteiger partial charge in [-0.2, -0.15) is 0 Å². The number of hydrogen-bond donors (Lipinski definition) is 1. The molecule has 1 aromatic rings. The van der Waals surface area contributed by atoms with E-state index in [2.05, 4.69) is 26.3 Å². The fourth-order valence-electron chi connectivity index (χ4n) is 2.77. The van der Waals surface area contributed by atoms with Gasteiger partial charge in [0.15, 0.2) is 5.54 Å². The number of hydrogen-bond acceptors (Lipinski definition) is 1. The average molecular weight is 350 g/mol. The zero-order valence-corrected chi connectivity index (χ0v) is 16.1. The standard InChI is InChI=1S/C16H24N2O.Y/c1-6-18(4,5)16(10-11-16)15(19)17-14-12(2)8-7-9-13(14)3;/h7-9H,6,10-11H2,1-5H3;/p+1. The van der Waals surface area contributed by atoms with Gasteiger partial charge in [-0.05, 0) is 31.9 Å². The Morgan fingerprint density at radius 3 is 2.15 bits per heavy atom. The van der Waals surface area contributed by atoms with Gasteiger partial charge in [0.25, 0.3) is 5.91 Å². The molecule has 0 unspecified atom stereocenters. The molecule has 1 amide bonds. The van der Waals surface area contributed by atoms with E-state index in [1.165, 1.54) is 0 Å². The Balaban J connectivity index is 0.00000200. The Morgan fingerprint density at radius 2 is 1.75 bits per heavy atom. The summed E-state index contributed by atoms with van der Waals surface area (Å²) < 4.78 is 0.768. The van der Waals surface area contributed by atoms with Crippen molar-refractivity contribution >= 4 is 11.6 Å². The van der Waals surface area contributed by atoms with Crippen LogP contribution in [-0.2, 0) is 37.5 Å². The molecule has 2 rings (SSSR count). The van der Waals surface area contributed by atoms with Crippen LogP contribution in [0.5, 0.6) is 0 Å². The second-order valence-corrected chi connectivity index (χ2v) is 6.25. The molecule has 0 atom stereocenters. The fraction of sp³-hybridized carbons (Fsp3) is 0.562. The van der Waals surface area contributed by atoms with Crippen LogP contribution in [0.3, 0.4) is 0 Å². The molecule has 1 aliphatic carbocycles. The summed E-state index contributed by atoms with van der Waals surface area (Å²) in [4.78, 5) is 12.7. The van der Waals surface area contributed by atoms with Gasteiger partial charge in [0.1, 0.15) is 0 Å². The molecular weight excluding hydrogens is 325 g/mol. The van der Waals surface area contributed by atoms with Crippen molar-refractivity contribution in [3.8, 4) is 0 Å². The number of anilines is 1. The monoisotopic (exact) mass is 350 g/mol. The SMILES string of the molecule is CC[N+](C)(C)C1(C(=O)Nc2c(C)cccc2C)CC1.[Y]. The minimum atomic E-state index is -0.219. The summed E-state index contributed by atoms with van der Waals surface area (Å²) in [6, 6.07) is 6.11. The molecule has 0 saturated heterocycles. The third kappa shape index (κ3) is 3.00. The summed E-state index contributed by atoms with van der Waals surface area (Å²) in [5.74, 6) is 0.178. The molecule has 0 aliphatic heterocycles. The second kappa shape index (κ2) is 6.25. The Hall–Kier alpha value is -0.246. The molecule has 0 bridgehead atoms. The minimum Gasteiger partial charge on any atom is -0.320 e. The molecular formula is C16H25N2OY+. The number of carbonyl (C=O) groups excluding carboxylic acids is 1. The summed E-state index contributed by atoms with van der Waals surface area (Å²) in [7, 11) is 4.30. The van der Waals surface area contributed by atoms with Crippen molar-refractivity contribution in [2.24, 2.45) is 0 Å². The van der Waals surface area contributed by atoms with Crippen LogP contribution < -0.4 is 5.32 Å². The first kappa shape index (κ1) is 17.8. The number of benzene rings is 1. The Labute approximate surface area is 147 Å². The van der Waals surface area contributed by atoms with E-state index in [1.54, 1.807) is 0 Å². The first-order valence-electron chi connectivity index (χ1n) is 7.05. The number of likely N-dealkylation sites (N-methyl/N-ethyl adjacent to an activating group) is 1. The predicted octanol–water partition coefficient (Wildman–Crippen LogP) is 2.87. The van der Waals surface area contributed by atoms with Crippen LogP contribution in [0.25, 0.3) is 0 Å². The number of nitrogens with one attached hydrogen (secondary N) is 1. The number of amides is 1. The number of para-hydroxylation sites is 1. The van der Waals surface area contributed by atoms with Crippen molar-refractivity contribution in [1.29, 1.82) is 0 Å². The average Bonchev–Trinajstić information content (AvgIpc) is 3.15. The molecule has 1 aromatic carbocycles. The summed E-state index contributed by atoms with van der Waals surface area (Å²) >= 11 is 0. The molecule has 0 heterocycles. The van der Waals surface area contributed by atoms with Gasteiger partial charge >= 0.3 is 0 Å². The molecule has 0 aromatic heterocycles. The van der Waals surface area contributed by atoms with E-state index in [4.69, 9.17) is 0 Å². The van der Waals surface area contributed by atoms with E-state index < -0.39 is 0 Å². The first-order valence-corrected chi connectivity index (χ1v) is 7.05. The van der Waals surface area contributed by atoms with Crippen molar-refractivity contribution < 1.29 is 42.0 Å². The summed E-state index contributed by atoms with van der Waals surface area (Å²) in [5.41, 5.74) is 3.02. The zero-order chi connectivity index (χ0) is 14.3. The van der Waals surface area contributed by atoms with E-state index >= 15 is 0 Å². The number of carbonyl (C=O) groups is 1. The normalized spacial score (nSPS) is 16.2. The van der Waals surface area contributed by atoms with Gasteiger partial charge in [0.2, 0.25) is 0 Å². The smallest absolute Gasteiger partial charge is 0.285 e. The third-order valence-corrected chi connectivity index (χ3v) is 4.82. The maximum absolute atomic E-state index is 12.7. The van der Waals surface area contributed by atoms with Crippen molar-refractivity contribution in [3.63, 3.8) is 0 Å². The molecule has 1 saturated carbocycles. The maximum Gasteiger partial charge on any atom is 0.285 e. The molecule has 1 fully saturated rings. The topological polar surface area (TPSA) is 29.1 Å². The van der Waals surface area contributed by atoms with Gasteiger partial charge in [-0.1, -0.05) is 18.2 Å². The van der Waals surface area contributed by atoms with Gasteiger partial charge in [-0.25, -0.2) is 0 Å². The maximum atomic E-state index is 12.7. The number of quaternary nitrogens is 1. The molecule has 4 heteroatoms. The quantitative estimate of drug-likeness (QED) is 0.832. The van der Waals surface area contributed by atoms with E-state index in [-0.39, 0.29) is 44.2 Å². The van der Waals surface area contributed by atoms with E-state index in [0.717, 1.165) is 40.7 Å².